The fourth-order valence-corrected chi connectivity index (χ4v) is 4.18. The van der Waals surface area contributed by atoms with Gasteiger partial charge in [0, 0.05) is 30.2 Å². The Morgan fingerprint density at radius 3 is 2.38 bits per heavy atom. The van der Waals surface area contributed by atoms with E-state index in [1.807, 2.05) is 18.2 Å². The van der Waals surface area contributed by atoms with E-state index < -0.39 is 0 Å². The zero-order valence-electron chi connectivity index (χ0n) is 15.3. The van der Waals surface area contributed by atoms with Gasteiger partial charge in [0.15, 0.2) is 0 Å². The van der Waals surface area contributed by atoms with E-state index in [4.69, 9.17) is 0 Å². The number of carbonyl (C=O) groups excluding carboxylic acids is 1. The lowest BCUT2D eigenvalue weighted by Gasteiger charge is -2.27. The summed E-state index contributed by atoms with van der Waals surface area (Å²) in [6.45, 7) is 4.00. The molecule has 138 valence electrons. The normalized spacial score (nSPS) is 14.9. The summed E-state index contributed by atoms with van der Waals surface area (Å²) in [6, 6.07) is 18.7. The average Bonchev–Trinajstić information content (AvgIpc) is 2.69. The van der Waals surface area contributed by atoms with Crippen LogP contribution in [0.3, 0.4) is 0 Å². The van der Waals surface area contributed by atoms with Gasteiger partial charge >= 0.3 is 0 Å². The Morgan fingerprint density at radius 1 is 0.923 bits per heavy atom. The number of thioether (sulfide) groups is 1. The van der Waals surface area contributed by atoms with Gasteiger partial charge in [-0.15, -0.1) is 11.8 Å². The highest BCUT2D eigenvalue weighted by Gasteiger charge is 2.12. The fraction of sp³-hybridized carbons (Fsp3) is 0.409. The summed E-state index contributed by atoms with van der Waals surface area (Å²) in [6.07, 6.45) is 4.51. The molecule has 0 unspecified atom stereocenters. The second kappa shape index (κ2) is 10.4. The Balaban J connectivity index is 1.44. The molecule has 1 aliphatic heterocycles. The Labute approximate surface area is 161 Å². The lowest BCUT2D eigenvalue weighted by atomic mass is 10.0. The molecule has 0 aromatic heterocycles. The van der Waals surface area contributed by atoms with Crippen LogP contribution in [-0.2, 0) is 17.9 Å². The van der Waals surface area contributed by atoms with E-state index in [1.54, 1.807) is 11.8 Å². The first-order valence-corrected chi connectivity index (χ1v) is 10.5. The minimum absolute atomic E-state index is 0.126. The molecule has 0 atom stereocenters. The number of likely N-dealkylation sites (tertiary alicyclic amines) is 1. The van der Waals surface area contributed by atoms with E-state index in [1.165, 1.54) is 48.4 Å². The molecule has 1 fully saturated rings. The Kier molecular flexibility index (Phi) is 7.59. The van der Waals surface area contributed by atoms with E-state index in [9.17, 15) is 4.79 Å². The van der Waals surface area contributed by atoms with Crippen molar-refractivity contribution in [3.63, 3.8) is 0 Å². The van der Waals surface area contributed by atoms with Crippen LogP contribution < -0.4 is 5.32 Å². The summed E-state index contributed by atoms with van der Waals surface area (Å²) in [4.78, 5) is 15.9. The number of carbonyl (C=O) groups is 1. The Morgan fingerprint density at radius 2 is 1.62 bits per heavy atom. The number of hydrogen-bond donors (Lipinski definition) is 1. The number of hydrogen-bond acceptors (Lipinski definition) is 3. The molecule has 0 spiro atoms. The number of nitrogens with zero attached hydrogens (tertiary/aromatic N) is 1. The van der Waals surface area contributed by atoms with E-state index >= 15 is 0 Å². The molecular weight excluding hydrogens is 340 g/mol. The van der Waals surface area contributed by atoms with Crippen LogP contribution in [0.1, 0.15) is 36.8 Å². The molecular formula is C22H28N2OS. The Bertz CT molecular complexity index is 684. The molecule has 1 saturated heterocycles. The quantitative estimate of drug-likeness (QED) is 0.698. The monoisotopic (exact) mass is 368 g/mol. The lowest BCUT2D eigenvalue weighted by molar-refractivity contribution is -0.120. The predicted molar refractivity (Wildman–Crippen MR) is 109 cm³/mol. The molecule has 1 heterocycles. The highest BCUT2D eigenvalue weighted by Crippen LogP contribution is 2.18. The minimum atomic E-state index is 0.126. The van der Waals surface area contributed by atoms with E-state index in [-0.39, 0.29) is 5.91 Å². The predicted octanol–water partition coefficient (Wildman–Crippen LogP) is 4.47. The topological polar surface area (TPSA) is 32.3 Å². The summed E-state index contributed by atoms with van der Waals surface area (Å²) < 4.78 is 0. The minimum Gasteiger partial charge on any atom is -0.352 e. The molecule has 3 rings (SSSR count). The third-order valence-corrected chi connectivity index (χ3v) is 5.79. The average molecular weight is 369 g/mol. The van der Waals surface area contributed by atoms with Gasteiger partial charge < -0.3 is 5.32 Å². The van der Waals surface area contributed by atoms with Gasteiger partial charge in [-0.1, -0.05) is 48.9 Å². The first-order chi connectivity index (χ1) is 12.8. The zero-order valence-corrected chi connectivity index (χ0v) is 16.1. The summed E-state index contributed by atoms with van der Waals surface area (Å²) in [5.74, 6) is 0.937. The van der Waals surface area contributed by atoms with Crippen molar-refractivity contribution in [2.75, 3.05) is 18.8 Å². The van der Waals surface area contributed by atoms with Crippen LogP contribution in [0.2, 0.25) is 0 Å². The van der Waals surface area contributed by atoms with Gasteiger partial charge in [-0.2, -0.15) is 0 Å². The van der Waals surface area contributed by atoms with E-state index in [0.29, 0.717) is 13.0 Å². The maximum absolute atomic E-state index is 12.2. The summed E-state index contributed by atoms with van der Waals surface area (Å²) in [5, 5.41) is 3.09. The van der Waals surface area contributed by atoms with Crippen molar-refractivity contribution in [2.24, 2.45) is 0 Å². The largest absolute Gasteiger partial charge is 0.352 e. The standard InChI is InChI=1S/C22H28N2OS/c25-22(13-16-26-21-11-3-1-4-12-21)23-17-19-9-5-6-10-20(19)18-24-14-7-2-8-15-24/h1,3-6,9-12H,2,7-8,13-18H2,(H,23,25). The van der Waals surface area contributed by atoms with Crippen LogP contribution in [0, 0.1) is 0 Å². The molecule has 2 aromatic carbocycles. The molecule has 1 N–H and O–H groups in total. The van der Waals surface area contributed by atoms with Crippen molar-refractivity contribution in [1.82, 2.24) is 10.2 Å². The van der Waals surface area contributed by atoms with Crippen molar-refractivity contribution in [3.8, 4) is 0 Å². The first-order valence-electron chi connectivity index (χ1n) is 9.55. The van der Waals surface area contributed by atoms with Gasteiger partial charge in [-0.05, 0) is 49.2 Å². The number of rotatable bonds is 8. The van der Waals surface area contributed by atoms with Crippen LogP contribution in [0.15, 0.2) is 59.5 Å². The zero-order chi connectivity index (χ0) is 18.0. The van der Waals surface area contributed by atoms with Gasteiger partial charge in [0.1, 0.15) is 0 Å². The smallest absolute Gasteiger partial charge is 0.221 e. The molecule has 4 heteroatoms. The molecule has 0 saturated carbocycles. The van der Waals surface area contributed by atoms with E-state index in [2.05, 4.69) is 46.6 Å². The number of benzene rings is 2. The third kappa shape index (κ3) is 6.19. The van der Waals surface area contributed by atoms with Gasteiger partial charge in [-0.3, -0.25) is 9.69 Å². The maximum Gasteiger partial charge on any atom is 0.221 e. The number of nitrogens with one attached hydrogen (secondary N) is 1. The highest BCUT2D eigenvalue weighted by molar-refractivity contribution is 7.99. The lowest BCUT2D eigenvalue weighted by Crippen LogP contribution is -2.30. The second-order valence-corrected chi connectivity index (χ2v) is 7.96. The van der Waals surface area contributed by atoms with Crippen LogP contribution in [0.5, 0.6) is 0 Å². The van der Waals surface area contributed by atoms with Crippen LogP contribution in [-0.4, -0.2) is 29.6 Å². The van der Waals surface area contributed by atoms with Crippen LogP contribution in [0.4, 0.5) is 0 Å². The molecule has 26 heavy (non-hydrogen) atoms. The Hall–Kier alpha value is -1.78. The summed E-state index contributed by atoms with van der Waals surface area (Å²) >= 11 is 1.73. The third-order valence-electron chi connectivity index (χ3n) is 4.78. The van der Waals surface area contributed by atoms with Crippen molar-refractivity contribution >= 4 is 17.7 Å². The molecule has 1 aliphatic rings. The molecule has 3 nitrogen and oxygen atoms in total. The molecule has 0 radical (unpaired) electrons. The van der Waals surface area contributed by atoms with Crippen molar-refractivity contribution in [1.29, 1.82) is 0 Å². The van der Waals surface area contributed by atoms with Crippen LogP contribution >= 0.6 is 11.8 Å². The fourth-order valence-electron chi connectivity index (χ4n) is 3.30. The van der Waals surface area contributed by atoms with E-state index in [0.717, 1.165) is 12.3 Å². The maximum atomic E-state index is 12.2. The SMILES string of the molecule is O=C(CCSc1ccccc1)NCc1ccccc1CN1CCCCC1. The highest BCUT2D eigenvalue weighted by atomic mass is 32.2. The van der Waals surface area contributed by atoms with Crippen molar-refractivity contribution < 1.29 is 4.79 Å². The summed E-state index contributed by atoms with van der Waals surface area (Å²) in [7, 11) is 0. The van der Waals surface area contributed by atoms with Gasteiger partial charge in [-0.25, -0.2) is 0 Å². The molecule has 2 aromatic rings. The molecule has 0 bridgehead atoms. The first kappa shape index (κ1) is 19.0. The molecule has 1 amide bonds. The number of amides is 1. The molecule has 0 aliphatic carbocycles. The van der Waals surface area contributed by atoms with Crippen LogP contribution in [0.25, 0.3) is 0 Å². The van der Waals surface area contributed by atoms with Gasteiger partial charge in [0.25, 0.3) is 0 Å². The number of piperidine rings is 1. The second-order valence-electron chi connectivity index (χ2n) is 6.79. The van der Waals surface area contributed by atoms with Gasteiger partial charge in [0.05, 0.1) is 0 Å². The van der Waals surface area contributed by atoms with Crippen molar-refractivity contribution in [3.05, 3.63) is 65.7 Å². The van der Waals surface area contributed by atoms with Crippen molar-refractivity contribution in [2.45, 2.75) is 43.7 Å². The summed E-state index contributed by atoms with van der Waals surface area (Å²) in [5.41, 5.74) is 2.58. The van der Waals surface area contributed by atoms with Gasteiger partial charge in [0.2, 0.25) is 5.91 Å².